The molecule has 0 unspecified atom stereocenters. The topological polar surface area (TPSA) is 134 Å². The quantitative estimate of drug-likeness (QED) is 0.272. The van der Waals surface area contributed by atoms with Crippen molar-refractivity contribution in [2.24, 2.45) is 0 Å². The van der Waals surface area contributed by atoms with E-state index in [1.165, 1.54) is 0 Å². The standard InChI is InChI=1S/C34H42N6O6/c1-34(2,3)46-33(43)38-28-8-5-4-7-27(28)37-31(41)29-11-9-24(22-35-29)23-40(15-6-14-39-16-19-44-20-17-39)32(42)36-26-10-12-30-25(21-26)13-18-45-30/h4-5,7-12,21-22H,6,13-20,23H2,1-3H3,(H,36,42)(H,37,41)(H,38,43). The van der Waals surface area contributed by atoms with Gasteiger partial charge in [-0.1, -0.05) is 18.2 Å². The van der Waals surface area contributed by atoms with Gasteiger partial charge >= 0.3 is 12.1 Å². The Labute approximate surface area is 269 Å². The Hall–Kier alpha value is -4.68. The monoisotopic (exact) mass is 630 g/mol. The molecule has 12 heteroatoms. The highest BCUT2D eigenvalue weighted by Gasteiger charge is 2.20. The predicted molar refractivity (Wildman–Crippen MR) is 175 cm³/mol. The molecular formula is C34H42N6O6. The third-order valence-corrected chi connectivity index (χ3v) is 7.48. The summed E-state index contributed by atoms with van der Waals surface area (Å²) in [4.78, 5) is 47.4. The predicted octanol–water partition coefficient (Wildman–Crippen LogP) is 5.37. The average molecular weight is 631 g/mol. The average Bonchev–Trinajstić information content (AvgIpc) is 3.49. The summed E-state index contributed by atoms with van der Waals surface area (Å²) in [5.74, 6) is 0.420. The molecule has 2 aliphatic rings. The molecule has 4 amide bonds. The minimum Gasteiger partial charge on any atom is -0.493 e. The molecule has 0 radical (unpaired) electrons. The van der Waals surface area contributed by atoms with Crippen molar-refractivity contribution in [3.05, 3.63) is 77.6 Å². The molecule has 0 aliphatic carbocycles. The number of pyridine rings is 1. The van der Waals surface area contributed by atoms with Gasteiger partial charge in [-0.15, -0.1) is 0 Å². The number of hydrogen-bond acceptors (Lipinski definition) is 8. The van der Waals surface area contributed by atoms with Crippen LogP contribution >= 0.6 is 0 Å². The van der Waals surface area contributed by atoms with E-state index in [0.29, 0.717) is 31.1 Å². The smallest absolute Gasteiger partial charge is 0.412 e. The van der Waals surface area contributed by atoms with E-state index in [4.69, 9.17) is 14.2 Å². The third-order valence-electron chi connectivity index (χ3n) is 7.48. The van der Waals surface area contributed by atoms with E-state index in [9.17, 15) is 14.4 Å². The van der Waals surface area contributed by atoms with E-state index >= 15 is 0 Å². The van der Waals surface area contributed by atoms with Crippen molar-refractivity contribution in [3.8, 4) is 5.75 Å². The highest BCUT2D eigenvalue weighted by atomic mass is 16.6. The van der Waals surface area contributed by atoms with Crippen LogP contribution in [0.1, 0.15) is 48.8 Å². The number of nitrogens with one attached hydrogen (secondary N) is 3. The molecule has 0 atom stereocenters. The zero-order valence-electron chi connectivity index (χ0n) is 26.6. The maximum atomic E-state index is 13.5. The van der Waals surface area contributed by atoms with Gasteiger partial charge in [-0.05, 0) is 74.7 Å². The Morgan fingerprint density at radius 2 is 1.72 bits per heavy atom. The second-order valence-electron chi connectivity index (χ2n) is 12.3. The summed E-state index contributed by atoms with van der Waals surface area (Å²) >= 11 is 0. The maximum absolute atomic E-state index is 13.5. The first-order chi connectivity index (χ1) is 22.1. The Morgan fingerprint density at radius 3 is 2.43 bits per heavy atom. The summed E-state index contributed by atoms with van der Waals surface area (Å²) < 4.78 is 16.4. The van der Waals surface area contributed by atoms with Crippen molar-refractivity contribution >= 4 is 35.1 Å². The lowest BCUT2D eigenvalue weighted by molar-refractivity contribution is 0.0365. The van der Waals surface area contributed by atoms with E-state index in [1.807, 2.05) is 18.2 Å². The van der Waals surface area contributed by atoms with Crippen molar-refractivity contribution in [1.29, 1.82) is 0 Å². The van der Waals surface area contributed by atoms with E-state index in [2.05, 4.69) is 25.8 Å². The molecule has 0 saturated carbocycles. The van der Waals surface area contributed by atoms with Crippen LogP contribution in [0, 0.1) is 0 Å². The van der Waals surface area contributed by atoms with Crippen LogP contribution in [0.5, 0.6) is 5.75 Å². The van der Waals surface area contributed by atoms with Crippen LogP contribution in [0.3, 0.4) is 0 Å². The molecule has 5 rings (SSSR count). The minimum atomic E-state index is -0.663. The Morgan fingerprint density at radius 1 is 0.957 bits per heavy atom. The molecule has 3 N–H and O–H groups in total. The molecule has 244 valence electrons. The largest absolute Gasteiger partial charge is 0.493 e. The molecular weight excluding hydrogens is 588 g/mol. The summed E-state index contributed by atoms with van der Waals surface area (Å²) in [7, 11) is 0. The molecule has 3 aromatic rings. The normalized spacial score (nSPS) is 14.5. The third kappa shape index (κ3) is 9.41. The van der Waals surface area contributed by atoms with E-state index in [-0.39, 0.29) is 11.7 Å². The Bertz CT molecular complexity index is 1520. The lowest BCUT2D eigenvalue weighted by Crippen LogP contribution is -2.40. The fourth-order valence-electron chi connectivity index (χ4n) is 5.20. The maximum Gasteiger partial charge on any atom is 0.412 e. The molecule has 12 nitrogen and oxygen atoms in total. The molecule has 0 bridgehead atoms. The van der Waals surface area contributed by atoms with Crippen LogP contribution in [0.4, 0.5) is 26.7 Å². The van der Waals surface area contributed by atoms with Crippen molar-refractivity contribution < 1.29 is 28.6 Å². The highest BCUT2D eigenvalue weighted by molar-refractivity contribution is 6.05. The molecule has 0 spiro atoms. The van der Waals surface area contributed by atoms with Crippen LogP contribution in [0.2, 0.25) is 0 Å². The highest BCUT2D eigenvalue weighted by Crippen LogP contribution is 2.28. The number of anilines is 3. The van der Waals surface area contributed by atoms with Gasteiger partial charge in [0.2, 0.25) is 0 Å². The first-order valence-corrected chi connectivity index (χ1v) is 15.6. The molecule has 1 aromatic heterocycles. The summed E-state index contributed by atoms with van der Waals surface area (Å²) in [6.45, 7) is 10.9. The Balaban J connectivity index is 1.22. The molecule has 1 saturated heterocycles. The summed E-state index contributed by atoms with van der Waals surface area (Å²) in [6, 6.07) is 15.8. The molecule has 1 fully saturated rings. The number of benzene rings is 2. The number of amides is 4. The van der Waals surface area contributed by atoms with Gasteiger partial charge in [0.25, 0.3) is 5.91 Å². The van der Waals surface area contributed by atoms with Crippen molar-refractivity contribution in [1.82, 2.24) is 14.8 Å². The van der Waals surface area contributed by atoms with Gasteiger partial charge in [0.15, 0.2) is 0 Å². The van der Waals surface area contributed by atoms with E-state index in [0.717, 1.165) is 68.3 Å². The number of carbonyl (C=O) groups is 3. The van der Waals surface area contributed by atoms with Gasteiger partial charge in [0.05, 0.1) is 31.2 Å². The van der Waals surface area contributed by atoms with E-state index < -0.39 is 17.6 Å². The van der Waals surface area contributed by atoms with E-state index in [1.54, 1.807) is 68.3 Å². The number of para-hydroxylation sites is 2. The summed E-state index contributed by atoms with van der Waals surface area (Å²) in [6.07, 6.45) is 2.60. The SMILES string of the molecule is CC(C)(C)OC(=O)Nc1ccccc1NC(=O)c1ccc(CN(CCCN2CCOCC2)C(=O)Nc2ccc3c(c2)CCO3)cn1. The van der Waals surface area contributed by atoms with Crippen molar-refractivity contribution in [3.63, 3.8) is 0 Å². The lowest BCUT2D eigenvalue weighted by Gasteiger charge is -2.28. The number of hydrogen-bond donors (Lipinski definition) is 3. The fraction of sp³-hybridized carbons (Fsp3) is 0.412. The van der Waals surface area contributed by atoms with Crippen LogP contribution in [0.25, 0.3) is 0 Å². The number of aromatic nitrogens is 1. The van der Waals surface area contributed by atoms with Crippen LogP contribution in [0.15, 0.2) is 60.8 Å². The number of nitrogens with zero attached hydrogens (tertiary/aromatic N) is 3. The zero-order chi connectivity index (χ0) is 32.5. The number of urea groups is 1. The van der Waals surface area contributed by atoms with Gasteiger partial charge in [0.1, 0.15) is 17.0 Å². The molecule has 3 heterocycles. The van der Waals surface area contributed by atoms with Gasteiger partial charge in [-0.25, -0.2) is 9.59 Å². The van der Waals surface area contributed by atoms with Gasteiger partial charge in [0, 0.05) is 51.0 Å². The molecule has 2 aliphatic heterocycles. The van der Waals surface area contributed by atoms with Crippen LogP contribution in [-0.2, 0) is 22.4 Å². The summed E-state index contributed by atoms with van der Waals surface area (Å²) in [5, 5.41) is 8.53. The van der Waals surface area contributed by atoms with Crippen LogP contribution in [-0.4, -0.2) is 84.4 Å². The minimum absolute atomic E-state index is 0.194. The van der Waals surface area contributed by atoms with Gasteiger partial charge < -0.3 is 29.7 Å². The molecule has 2 aromatic carbocycles. The van der Waals surface area contributed by atoms with Gasteiger partial charge in [-0.3, -0.25) is 20.0 Å². The van der Waals surface area contributed by atoms with Crippen molar-refractivity contribution in [2.45, 2.75) is 45.8 Å². The first kappa shape index (κ1) is 32.7. The second-order valence-corrected chi connectivity index (χ2v) is 12.3. The van der Waals surface area contributed by atoms with Crippen LogP contribution < -0.4 is 20.7 Å². The number of ether oxygens (including phenoxy) is 3. The summed E-state index contributed by atoms with van der Waals surface area (Å²) in [5.41, 5.74) is 2.93. The number of fused-ring (bicyclic) bond motifs is 1. The second kappa shape index (κ2) is 15.1. The number of rotatable bonds is 10. The fourth-order valence-corrected chi connectivity index (χ4v) is 5.20. The van der Waals surface area contributed by atoms with Crippen molar-refractivity contribution in [2.75, 3.05) is 62.0 Å². The zero-order valence-corrected chi connectivity index (χ0v) is 26.6. The Kier molecular flexibility index (Phi) is 10.7. The number of carbonyl (C=O) groups excluding carboxylic acids is 3. The lowest BCUT2D eigenvalue weighted by atomic mass is 10.1. The van der Waals surface area contributed by atoms with Gasteiger partial charge in [-0.2, -0.15) is 0 Å². The first-order valence-electron chi connectivity index (χ1n) is 15.6. The molecule has 46 heavy (non-hydrogen) atoms. The number of morpholine rings is 1.